The lowest BCUT2D eigenvalue weighted by molar-refractivity contribution is -0.136. The monoisotopic (exact) mass is 610 g/mol. The third-order valence-electron chi connectivity index (χ3n) is 8.56. The number of carbonyl (C=O) groups is 1. The summed E-state index contributed by atoms with van der Waals surface area (Å²) in [5.74, 6) is -0.293. The largest absolute Gasteiger partial charge is 0.496 e. The van der Waals surface area contributed by atoms with Crippen molar-refractivity contribution in [2.75, 3.05) is 20.7 Å². The van der Waals surface area contributed by atoms with Crippen molar-refractivity contribution in [2.45, 2.75) is 76.7 Å². The Morgan fingerprint density at radius 3 is 2.53 bits per heavy atom. The van der Waals surface area contributed by atoms with Crippen LogP contribution >= 0.6 is 11.3 Å². The van der Waals surface area contributed by atoms with Crippen molar-refractivity contribution in [3.8, 4) is 10.8 Å². The van der Waals surface area contributed by atoms with Gasteiger partial charge in [-0.1, -0.05) is 30.6 Å². The van der Waals surface area contributed by atoms with Crippen LogP contribution < -0.4 is 16.0 Å². The summed E-state index contributed by atoms with van der Waals surface area (Å²) in [5, 5.41) is 9.41. The van der Waals surface area contributed by atoms with E-state index in [0.29, 0.717) is 51.5 Å². The van der Waals surface area contributed by atoms with E-state index in [1.54, 1.807) is 24.9 Å². The molecule has 43 heavy (non-hydrogen) atoms. The Labute approximate surface area is 251 Å². The summed E-state index contributed by atoms with van der Waals surface area (Å²) >= 11 is 1.22. The van der Waals surface area contributed by atoms with E-state index in [-0.39, 0.29) is 18.6 Å². The lowest BCUT2D eigenvalue weighted by atomic mass is 9.97. The molecule has 13 heteroatoms. The molecule has 6 rings (SSSR count). The molecule has 11 nitrogen and oxygen atoms in total. The van der Waals surface area contributed by atoms with Crippen molar-refractivity contribution >= 4 is 27.5 Å². The molecule has 2 fully saturated rings. The number of benzene rings is 1. The number of aromatic nitrogens is 5. The van der Waals surface area contributed by atoms with Gasteiger partial charge in [0.1, 0.15) is 33.5 Å². The van der Waals surface area contributed by atoms with Crippen LogP contribution in [0.5, 0.6) is 5.75 Å². The average molecular weight is 611 g/mol. The van der Waals surface area contributed by atoms with Gasteiger partial charge >= 0.3 is 5.69 Å². The van der Waals surface area contributed by atoms with E-state index in [1.807, 2.05) is 0 Å². The van der Waals surface area contributed by atoms with Gasteiger partial charge in [-0.15, -0.1) is 4.80 Å². The number of halogens is 1. The molecule has 2 aliphatic rings. The maximum Gasteiger partial charge on any atom is 0.332 e. The molecule has 2 atom stereocenters. The maximum atomic E-state index is 14.7. The molecule has 1 saturated heterocycles. The zero-order valence-electron chi connectivity index (χ0n) is 24.5. The van der Waals surface area contributed by atoms with Crippen molar-refractivity contribution in [3.05, 3.63) is 68.4 Å². The number of thiophene rings is 1. The van der Waals surface area contributed by atoms with Crippen molar-refractivity contribution < 1.29 is 18.7 Å². The lowest BCUT2D eigenvalue weighted by Gasteiger charge is -2.31. The number of likely N-dealkylation sites (tertiary alicyclic amines) is 1. The fraction of sp³-hybridized carbons (Fsp3) is 0.500. The summed E-state index contributed by atoms with van der Waals surface area (Å²) in [6.45, 7) is 2.33. The third-order valence-corrected chi connectivity index (χ3v) is 9.84. The Bertz CT molecular complexity index is 1760. The Morgan fingerprint density at radius 1 is 1.07 bits per heavy atom. The molecule has 0 radical (unpaired) electrons. The van der Waals surface area contributed by atoms with Crippen LogP contribution in [0.25, 0.3) is 15.2 Å². The predicted octanol–water partition coefficient (Wildman–Crippen LogP) is 4.15. The van der Waals surface area contributed by atoms with Crippen molar-refractivity contribution in [1.82, 2.24) is 29.0 Å². The van der Waals surface area contributed by atoms with Crippen molar-refractivity contribution in [2.24, 2.45) is 0 Å². The molecule has 4 aromatic rings. The van der Waals surface area contributed by atoms with Crippen LogP contribution in [0.15, 0.2) is 40.2 Å². The average Bonchev–Trinajstić information content (AvgIpc) is 3.65. The molecule has 4 heterocycles. The Morgan fingerprint density at radius 2 is 1.81 bits per heavy atom. The first-order chi connectivity index (χ1) is 20.8. The van der Waals surface area contributed by atoms with Crippen LogP contribution in [0.2, 0.25) is 0 Å². The minimum Gasteiger partial charge on any atom is -0.496 e. The predicted molar refractivity (Wildman–Crippen MR) is 160 cm³/mol. The Kier molecular flexibility index (Phi) is 8.19. The van der Waals surface area contributed by atoms with E-state index in [0.717, 1.165) is 36.7 Å². The molecule has 1 aliphatic carbocycles. The SMILES string of the molecule is COc1ccc(F)cc1[C@H](Cn1c(=O)n([C@H]2CCCN(C)C2=O)c(=O)c2c(C)c(-n3nccn3)sc21)OC1CCCCC1. The first-order valence-electron chi connectivity index (χ1n) is 14.7. The number of hydrogen-bond donors (Lipinski definition) is 0. The number of methoxy groups -OCH3 is 1. The molecule has 0 unspecified atom stereocenters. The second kappa shape index (κ2) is 12.0. The fourth-order valence-corrected chi connectivity index (χ4v) is 7.54. The molecule has 0 bridgehead atoms. The number of ether oxygens (including phenoxy) is 2. The zero-order chi connectivity index (χ0) is 30.2. The molecule has 1 aromatic carbocycles. The van der Waals surface area contributed by atoms with Crippen molar-refractivity contribution in [3.63, 3.8) is 0 Å². The van der Waals surface area contributed by atoms with Gasteiger partial charge in [0, 0.05) is 24.7 Å². The number of fused-ring (bicyclic) bond motifs is 1. The van der Waals surface area contributed by atoms with Gasteiger partial charge in [0.05, 0.1) is 37.5 Å². The minimum absolute atomic E-state index is 0.0192. The summed E-state index contributed by atoms with van der Waals surface area (Å²) in [7, 11) is 3.19. The van der Waals surface area contributed by atoms with Crippen LogP contribution in [-0.4, -0.2) is 61.7 Å². The molecule has 1 saturated carbocycles. The van der Waals surface area contributed by atoms with Crippen LogP contribution in [-0.2, 0) is 16.1 Å². The van der Waals surface area contributed by atoms with E-state index in [2.05, 4.69) is 10.2 Å². The van der Waals surface area contributed by atoms with Gasteiger partial charge in [0.15, 0.2) is 0 Å². The van der Waals surface area contributed by atoms with Crippen LogP contribution in [0, 0.1) is 12.7 Å². The number of aryl methyl sites for hydroxylation is 1. The molecule has 1 aliphatic heterocycles. The Hall–Kier alpha value is -3.84. The van der Waals surface area contributed by atoms with E-state index in [1.165, 1.54) is 52.3 Å². The summed E-state index contributed by atoms with van der Waals surface area (Å²) in [6.07, 6.45) is 8.15. The second-order valence-corrected chi connectivity index (χ2v) is 12.3. The first-order valence-corrected chi connectivity index (χ1v) is 15.5. The topological polar surface area (TPSA) is 113 Å². The molecule has 0 N–H and O–H groups in total. The van der Waals surface area contributed by atoms with Gasteiger partial charge in [-0.2, -0.15) is 10.2 Å². The molecule has 0 spiro atoms. The highest BCUT2D eigenvalue weighted by Crippen LogP contribution is 2.36. The summed E-state index contributed by atoms with van der Waals surface area (Å²) in [5.41, 5.74) is -0.0554. The highest BCUT2D eigenvalue weighted by Gasteiger charge is 2.34. The van der Waals surface area contributed by atoms with Gasteiger partial charge in [-0.05, 0) is 50.8 Å². The standard InChI is InChI=1S/C30H35FN6O5S/c1-18-25-27(39)36(22-10-7-15-34(2)26(22)38)30(40)35(29(25)43-28(18)37-32-13-14-33-37)17-24(42-20-8-5-4-6-9-20)21-16-19(31)11-12-23(21)41-3/h11-14,16,20,22,24H,4-10,15,17H2,1-3H3/t22-,24-/m0/s1. The Balaban J connectivity index is 1.57. The van der Waals surface area contributed by atoms with E-state index in [9.17, 15) is 18.8 Å². The van der Waals surface area contributed by atoms with Gasteiger partial charge in [-0.25, -0.2) is 13.8 Å². The first kappa shape index (κ1) is 29.2. The smallest absolute Gasteiger partial charge is 0.332 e. The van der Waals surface area contributed by atoms with E-state index in [4.69, 9.17) is 9.47 Å². The van der Waals surface area contributed by atoms with Gasteiger partial charge in [0.25, 0.3) is 5.56 Å². The number of likely N-dealkylation sites (N-methyl/N-ethyl adjacent to an activating group) is 1. The van der Waals surface area contributed by atoms with Crippen molar-refractivity contribution in [1.29, 1.82) is 0 Å². The number of carbonyl (C=O) groups excluding carboxylic acids is 1. The van der Waals surface area contributed by atoms with Gasteiger partial charge < -0.3 is 14.4 Å². The number of nitrogens with zero attached hydrogens (tertiary/aromatic N) is 6. The lowest BCUT2D eigenvalue weighted by Crippen LogP contribution is -2.49. The van der Waals surface area contributed by atoms with Crippen LogP contribution in [0.4, 0.5) is 4.39 Å². The molecular formula is C30H35FN6O5S. The molecule has 1 amide bonds. The molecule has 228 valence electrons. The second-order valence-electron chi connectivity index (χ2n) is 11.3. The summed E-state index contributed by atoms with van der Waals surface area (Å²) in [6, 6.07) is 3.32. The van der Waals surface area contributed by atoms with Gasteiger partial charge in [0.2, 0.25) is 5.91 Å². The number of piperidine rings is 1. The summed E-state index contributed by atoms with van der Waals surface area (Å²) < 4.78 is 29.5. The van der Waals surface area contributed by atoms with Crippen LogP contribution in [0.1, 0.15) is 68.2 Å². The highest BCUT2D eigenvalue weighted by atomic mass is 32.1. The van der Waals surface area contributed by atoms with Crippen LogP contribution in [0.3, 0.4) is 0 Å². The zero-order valence-corrected chi connectivity index (χ0v) is 25.3. The van der Waals surface area contributed by atoms with E-state index < -0.39 is 29.2 Å². The molecule has 3 aromatic heterocycles. The fourth-order valence-electron chi connectivity index (χ4n) is 6.32. The molecular weight excluding hydrogens is 575 g/mol. The third kappa shape index (κ3) is 5.40. The quantitative estimate of drug-likeness (QED) is 0.295. The number of rotatable bonds is 8. The number of hydrogen-bond acceptors (Lipinski definition) is 8. The minimum atomic E-state index is -0.929. The van der Waals surface area contributed by atoms with Gasteiger partial charge in [-0.3, -0.25) is 14.2 Å². The highest BCUT2D eigenvalue weighted by molar-refractivity contribution is 7.21. The normalized spacial score (nSPS) is 18.8. The summed E-state index contributed by atoms with van der Waals surface area (Å²) in [4.78, 5) is 45.2. The van der Waals surface area contributed by atoms with E-state index >= 15 is 0 Å². The maximum absolute atomic E-state index is 14.7. The number of amides is 1.